The molecular formula is C13H19BrN2O3S. The quantitative estimate of drug-likeness (QED) is 0.752. The Balaban J connectivity index is 2.54. The van der Waals surface area contributed by atoms with Crippen molar-refractivity contribution in [3.05, 3.63) is 20.8 Å². The number of carbonyl (C=O) groups excluding carboxylic acids is 1. The van der Waals surface area contributed by atoms with E-state index in [2.05, 4.69) is 26.6 Å². The first-order valence-electron chi connectivity index (χ1n) is 6.18. The molecule has 1 aromatic rings. The highest BCUT2D eigenvalue weighted by Crippen LogP contribution is 2.23. The number of nitrogens with one attached hydrogen (secondary N) is 2. The van der Waals surface area contributed by atoms with E-state index in [1.54, 1.807) is 11.3 Å². The molecule has 0 bridgehead atoms. The maximum absolute atomic E-state index is 11.9. The van der Waals surface area contributed by atoms with Crippen LogP contribution in [0.1, 0.15) is 32.1 Å². The van der Waals surface area contributed by atoms with Crippen LogP contribution in [0.5, 0.6) is 0 Å². The van der Waals surface area contributed by atoms with Crippen LogP contribution in [0.15, 0.2) is 15.9 Å². The molecular weight excluding hydrogens is 344 g/mol. The van der Waals surface area contributed by atoms with Gasteiger partial charge in [0.05, 0.1) is 13.0 Å². The zero-order valence-electron chi connectivity index (χ0n) is 11.7. The number of rotatable bonds is 5. The van der Waals surface area contributed by atoms with Crippen LogP contribution < -0.4 is 10.6 Å². The number of halogens is 1. The molecule has 0 fully saturated rings. The summed E-state index contributed by atoms with van der Waals surface area (Å²) in [5.74, 6) is -0.925. The molecule has 0 spiro atoms. The molecule has 0 radical (unpaired) electrons. The average molecular weight is 363 g/mol. The lowest BCUT2D eigenvalue weighted by Gasteiger charge is -2.30. The van der Waals surface area contributed by atoms with Gasteiger partial charge in [0, 0.05) is 15.4 Å². The fraction of sp³-hybridized carbons (Fsp3) is 0.538. The van der Waals surface area contributed by atoms with Gasteiger partial charge in [0.1, 0.15) is 0 Å². The second kappa shape index (κ2) is 7.08. The highest BCUT2D eigenvalue weighted by atomic mass is 79.9. The maximum atomic E-state index is 11.9. The van der Waals surface area contributed by atoms with Crippen molar-refractivity contribution >= 4 is 39.3 Å². The van der Waals surface area contributed by atoms with Gasteiger partial charge in [-0.1, -0.05) is 20.8 Å². The van der Waals surface area contributed by atoms with E-state index in [0.717, 1.165) is 9.35 Å². The van der Waals surface area contributed by atoms with Crippen molar-refractivity contribution in [1.29, 1.82) is 0 Å². The van der Waals surface area contributed by atoms with Crippen LogP contribution in [0.25, 0.3) is 0 Å². The van der Waals surface area contributed by atoms with E-state index in [4.69, 9.17) is 5.11 Å². The van der Waals surface area contributed by atoms with Gasteiger partial charge in [0.2, 0.25) is 0 Å². The van der Waals surface area contributed by atoms with Gasteiger partial charge < -0.3 is 15.7 Å². The summed E-state index contributed by atoms with van der Waals surface area (Å²) in [6.07, 6.45) is -0.0976. The van der Waals surface area contributed by atoms with Crippen LogP contribution in [0.4, 0.5) is 4.79 Å². The Morgan fingerprint density at radius 2 is 2.10 bits per heavy atom. The number of carboxylic acid groups (broad SMARTS) is 1. The van der Waals surface area contributed by atoms with Crippen LogP contribution in [-0.2, 0) is 11.3 Å². The third-order valence-corrected chi connectivity index (χ3v) is 4.76. The molecule has 2 amide bonds. The number of amides is 2. The summed E-state index contributed by atoms with van der Waals surface area (Å²) in [5.41, 5.74) is -0.320. The van der Waals surface area contributed by atoms with Crippen molar-refractivity contribution < 1.29 is 14.7 Å². The zero-order valence-corrected chi connectivity index (χ0v) is 14.1. The molecule has 1 unspecified atom stereocenters. The number of urea groups is 1. The van der Waals surface area contributed by atoms with Crippen LogP contribution in [-0.4, -0.2) is 23.1 Å². The zero-order chi connectivity index (χ0) is 15.3. The van der Waals surface area contributed by atoms with Crippen molar-refractivity contribution in [2.75, 3.05) is 0 Å². The minimum Gasteiger partial charge on any atom is -0.481 e. The van der Waals surface area contributed by atoms with E-state index in [9.17, 15) is 9.59 Å². The van der Waals surface area contributed by atoms with Gasteiger partial charge in [0.25, 0.3) is 0 Å². The third kappa shape index (κ3) is 5.50. The minimum absolute atomic E-state index is 0.0976. The van der Waals surface area contributed by atoms with Gasteiger partial charge in [-0.3, -0.25) is 4.79 Å². The van der Waals surface area contributed by atoms with E-state index < -0.39 is 12.0 Å². The van der Waals surface area contributed by atoms with E-state index >= 15 is 0 Å². The highest BCUT2D eigenvalue weighted by molar-refractivity contribution is 9.10. The lowest BCUT2D eigenvalue weighted by Crippen LogP contribution is -2.48. The third-order valence-electron chi connectivity index (χ3n) is 2.83. The molecule has 5 nitrogen and oxygen atoms in total. The first kappa shape index (κ1) is 17.0. The molecule has 0 aliphatic heterocycles. The van der Waals surface area contributed by atoms with Gasteiger partial charge in [-0.05, 0) is 32.8 Å². The molecule has 0 aliphatic carbocycles. The lowest BCUT2D eigenvalue weighted by atomic mass is 9.85. The van der Waals surface area contributed by atoms with E-state index in [-0.39, 0.29) is 17.9 Å². The SMILES string of the molecule is CC(C)(C)C(CC(=O)O)NC(=O)NCc1sccc1Br. The summed E-state index contributed by atoms with van der Waals surface area (Å²) in [6.45, 7) is 6.11. The predicted molar refractivity (Wildman–Crippen MR) is 82.9 cm³/mol. The predicted octanol–water partition coefficient (Wildman–Crippen LogP) is 3.20. The number of thiophene rings is 1. The first-order valence-corrected chi connectivity index (χ1v) is 7.85. The second-order valence-corrected chi connectivity index (χ2v) is 7.39. The lowest BCUT2D eigenvalue weighted by molar-refractivity contribution is -0.138. The fourth-order valence-electron chi connectivity index (χ4n) is 1.57. The fourth-order valence-corrected chi connectivity index (χ4v) is 3.00. The number of hydrogen-bond acceptors (Lipinski definition) is 3. The van der Waals surface area contributed by atoms with Crippen LogP contribution >= 0.6 is 27.3 Å². The number of aliphatic carboxylic acids is 1. The Morgan fingerprint density at radius 3 is 2.55 bits per heavy atom. The summed E-state index contributed by atoms with van der Waals surface area (Å²) in [4.78, 5) is 23.7. The molecule has 7 heteroatoms. The average Bonchev–Trinajstić information content (AvgIpc) is 2.69. The standard InChI is InChI=1S/C13H19BrN2O3S/c1-13(2,3)10(6-11(17)18)16-12(19)15-7-9-8(14)4-5-20-9/h4-5,10H,6-7H2,1-3H3,(H,17,18)(H2,15,16,19). The Hall–Kier alpha value is -1.08. The Bertz CT molecular complexity index is 482. The molecule has 1 aromatic heterocycles. The van der Waals surface area contributed by atoms with E-state index in [1.807, 2.05) is 32.2 Å². The molecule has 3 N–H and O–H groups in total. The Labute approximate surface area is 130 Å². The number of carbonyl (C=O) groups is 2. The molecule has 1 atom stereocenters. The minimum atomic E-state index is -0.925. The molecule has 0 aliphatic rings. The van der Waals surface area contributed by atoms with Gasteiger partial charge in [-0.25, -0.2) is 4.79 Å². The number of carboxylic acids is 1. The Kier molecular flexibility index (Phi) is 6.01. The van der Waals surface area contributed by atoms with Crippen molar-refractivity contribution in [3.63, 3.8) is 0 Å². The summed E-state index contributed by atoms with van der Waals surface area (Å²) in [5, 5.41) is 16.3. The first-order chi connectivity index (χ1) is 9.20. The molecule has 1 rings (SSSR count). The Morgan fingerprint density at radius 1 is 1.45 bits per heavy atom. The second-order valence-electron chi connectivity index (χ2n) is 5.54. The highest BCUT2D eigenvalue weighted by Gasteiger charge is 2.28. The topological polar surface area (TPSA) is 78.4 Å². The van der Waals surface area contributed by atoms with Gasteiger partial charge in [0.15, 0.2) is 0 Å². The van der Waals surface area contributed by atoms with Crippen LogP contribution in [0.3, 0.4) is 0 Å². The maximum Gasteiger partial charge on any atom is 0.315 e. The normalized spacial score (nSPS) is 12.8. The van der Waals surface area contributed by atoms with Crippen molar-refractivity contribution in [3.8, 4) is 0 Å². The molecule has 1 heterocycles. The smallest absolute Gasteiger partial charge is 0.315 e. The molecule has 0 saturated heterocycles. The van der Waals surface area contributed by atoms with Crippen LogP contribution in [0.2, 0.25) is 0 Å². The summed E-state index contributed by atoms with van der Waals surface area (Å²) in [7, 11) is 0. The van der Waals surface area contributed by atoms with Gasteiger partial charge >= 0.3 is 12.0 Å². The van der Waals surface area contributed by atoms with E-state index in [0.29, 0.717) is 6.54 Å². The van der Waals surface area contributed by atoms with E-state index in [1.165, 1.54) is 0 Å². The molecule has 112 valence electrons. The molecule has 0 saturated carbocycles. The van der Waals surface area contributed by atoms with Crippen molar-refractivity contribution in [2.24, 2.45) is 5.41 Å². The van der Waals surface area contributed by atoms with Crippen LogP contribution in [0, 0.1) is 5.41 Å². The summed E-state index contributed by atoms with van der Waals surface area (Å²) >= 11 is 4.94. The summed E-state index contributed by atoms with van der Waals surface area (Å²) < 4.78 is 0.959. The van der Waals surface area contributed by atoms with Gasteiger partial charge in [-0.15, -0.1) is 11.3 Å². The summed E-state index contributed by atoms with van der Waals surface area (Å²) in [6, 6.07) is 1.14. The van der Waals surface area contributed by atoms with Crippen molar-refractivity contribution in [1.82, 2.24) is 10.6 Å². The molecule has 0 aromatic carbocycles. The largest absolute Gasteiger partial charge is 0.481 e. The molecule has 20 heavy (non-hydrogen) atoms. The monoisotopic (exact) mass is 362 g/mol. The van der Waals surface area contributed by atoms with Crippen molar-refractivity contribution in [2.45, 2.75) is 39.8 Å². The van der Waals surface area contributed by atoms with Gasteiger partial charge in [-0.2, -0.15) is 0 Å². The number of hydrogen-bond donors (Lipinski definition) is 3.